The minimum atomic E-state index is -0.254. The van der Waals surface area contributed by atoms with Crippen molar-refractivity contribution in [1.82, 2.24) is 0 Å². The first-order valence-electron chi connectivity index (χ1n) is 5.38. The first-order chi connectivity index (χ1) is 8.15. The second-order valence-electron chi connectivity index (χ2n) is 3.94. The fraction of sp³-hybridized carbons (Fsp3) is 0.143. The molecule has 3 heteroatoms. The number of nitrogen functional groups attached to an aromatic ring is 1. The zero-order valence-corrected chi connectivity index (χ0v) is 9.61. The van der Waals surface area contributed by atoms with Gasteiger partial charge in [0.2, 0.25) is 0 Å². The van der Waals surface area contributed by atoms with Crippen molar-refractivity contribution < 1.29 is 9.13 Å². The van der Waals surface area contributed by atoms with Crippen molar-refractivity contribution in [3.63, 3.8) is 0 Å². The van der Waals surface area contributed by atoms with Gasteiger partial charge in [0.1, 0.15) is 18.2 Å². The smallest absolute Gasteiger partial charge is 0.124 e. The molecule has 88 valence electrons. The predicted molar refractivity (Wildman–Crippen MR) is 66.3 cm³/mol. The molecule has 0 unspecified atom stereocenters. The zero-order chi connectivity index (χ0) is 12.3. The largest absolute Gasteiger partial charge is 0.489 e. The number of rotatable bonds is 3. The van der Waals surface area contributed by atoms with Crippen LogP contribution in [-0.2, 0) is 6.61 Å². The van der Waals surface area contributed by atoms with E-state index in [1.807, 2.05) is 25.1 Å². The molecule has 0 atom stereocenters. The van der Waals surface area contributed by atoms with E-state index in [0.717, 1.165) is 16.9 Å². The molecule has 0 amide bonds. The van der Waals surface area contributed by atoms with Gasteiger partial charge in [0.25, 0.3) is 0 Å². The monoisotopic (exact) mass is 231 g/mol. The molecule has 0 heterocycles. The lowest BCUT2D eigenvalue weighted by atomic mass is 10.2. The van der Waals surface area contributed by atoms with Crippen LogP contribution in [-0.4, -0.2) is 0 Å². The highest BCUT2D eigenvalue weighted by Gasteiger charge is 2.01. The van der Waals surface area contributed by atoms with Gasteiger partial charge in [-0.3, -0.25) is 0 Å². The highest BCUT2D eigenvalue weighted by atomic mass is 19.1. The molecule has 2 N–H and O–H groups in total. The Labute approximate surface area is 99.8 Å². The van der Waals surface area contributed by atoms with E-state index in [2.05, 4.69) is 0 Å². The molecule has 0 aliphatic rings. The molecule has 0 saturated heterocycles. The summed E-state index contributed by atoms with van der Waals surface area (Å²) < 4.78 is 18.6. The molecule has 2 aromatic rings. The maximum absolute atomic E-state index is 13.0. The van der Waals surface area contributed by atoms with E-state index in [1.165, 1.54) is 12.1 Å². The standard InChI is InChI=1S/C14H14FNO/c1-10-5-6-13(16)8-14(10)17-9-11-3-2-4-12(15)7-11/h2-8H,9,16H2,1H3. The van der Waals surface area contributed by atoms with Crippen molar-refractivity contribution in [3.05, 3.63) is 59.4 Å². The SMILES string of the molecule is Cc1ccc(N)cc1OCc1cccc(F)c1. The normalized spacial score (nSPS) is 10.2. The highest BCUT2D eigenvalue weighted by molar-refractivity contribution is 5.48. The Morgan fingerprint density at radius 1 is 1.18 bits per heavy atom. The average Bonchev–Trinajstić information content (AvgIpc) is 2.30. The highest BCUT2D eigenvalue weighted by Crippen LogP contribution is 2.21. The maximum atomic E-state index is 13.0. The van der Waals surface area contributed by atoms with Gasteiger partial charge in [0.05, 0.1) is 0 Å². The predicted octanol–water partition coefficient (Wildman–Crippen LogP) is 3.30. The third-order valence-electron chi connectivity index (χ3n) is 2.50. The van der Waals surface area contributed by atoms with Gasteiger partial charge in [-0.15, -0.1) is 0 Å². The first kappa shape index (κ1) is 11.5. The van der Waals surface area contributed by atoms with Gasteiger partial charge in [0, 0.05) is 11.8 Å². The minimum absolute atomic E-state index is 0.254. The van der Waals surface area contributed by atoms with E-state index in [4.69, 9.17) is 10.5 Å². The third-order valence-corrected chi connectivity index (χ3v) is 2.50. The maximum Gasteiger partial charge on any atom is 0.124 e. The Morgan fingerprint density at radius 2 is 2.00 bits per heavy atom. The lowest BCUT2D eigenvalue weighted by Crippen LogP contribution is -1.98. The van der Waals surface area contributed by atoms with Crippen LogP contribution in [0, 0.1) is 12.7 Å². The molecule has 0 fully saturated rings. The van der Waals surface area contributed by atoms with Gasteiger partial charge in [-0.1, -0.05) is 18.2 Å². The van der Waals surface area contributed by atoms with Crippen LogP contribution in [0.5, 0.6) is 5.75 Å². The molecule has 0 bridgehead atoms. The van der Waals surface area contributed by atoms with Crippen LogP contribution in [0.1, 0.15) is 11.1 Å². The zero-order valence-electron chi connectivity index (χ0n) is 9.61. The second-order valence-corrected chi connectivity index (χ2v) is 3.94. The van der Waals surface area contributed by atoms with Crippen LogP contribution >= 0.6 is 0 Å². The van der Waals surface area contributed by atoms with Crippen molar-refractivity contribution in [3.8, 4) is 5.75 Å². The molecule has 0 aliphatic heterocycles. The van der Waals surface area contributed by atoms with Crippen LogP contribution in [0.25, 0.3) is 0 Å². The summed E-state index contributed by atoms with van der Waals surface area (Å²) in [5.41, 5.74) is 8.15. The summed E-state index contributed by atoms with van der Waals surface area (Å²) in [4.78, 5) is 0. The number of benzene rings is 2. The summed E-state index contributed by atoms with van der Waals surface area (Å²) in [7, 11) is 0. The van der Waals surface area contributed by atoms with Crippen LogP contribution in [0.4, 0.5) is 10.1 Å². The Balaban J connectivity index is 2.09. The molecule has 0 aliphatic carbocycles. The second kappa shape index (κ2) is 4.87. The lowest BCUT2D eigenvalue weighted by Gasteiger charge is -2.09. The van der Waals surface area contributed by atoms with Crippen molar-refractivity contribution in [1.29, 1.82) is 0 Å². The Morgan fingerprint density at radius 3 is 2.76 bits per heavy atom. The van der Waals surface area contributed by atoms with E-state index in [-0.39, 0.29) is 5.82 Å². The number of aryl methyl sites for hydroxylation is 1. The Bertz CT molecular complexity index is 525. The summed E-state index contributed by atoms with van der Waals surface area (Å²) in [6.45, 7) is 2.28. The molecule has 0 aromatic heterocycles. The molecular formula is C14H14FNO. The van der Waals surface area contributed by atoms with Gasteiger partial charge in [-0.05, 0) is 36.2 Å². The van der Waals surface area contributed by atoms with E-state index in [1.54, 1.807) is 12.1 Å². The number of hydrogen-bond donors (Lipinski definition) is 1. The molecule has 2 rings (SSSR count). The van der Waals surface area contributed by atoms with Gasteiger partial charge in [-0.2, -0.15) is 0 Å². The van der Waals surface area contributed by atoms with Crippen LogP contribution in [0.15, 0.2) is 42.5 Å². The summed E-state index contributed by atoms with van der Waals surface area (Å²) in [6, 6.07) is 11.9. The molecule has 2 aromatic carbocycles. The summed E-state index contributed by atoms with van der Waals surface area (Å²) in [5.74, 6) is 0.477. The van der Waals surface area contributed by atoms with Crippen LogP contribution in [0.2, 0.25) is 0 Å². The van der Waals surface area contributed by atoms with Gasteiger partial charge < -0.3 is 10.5 Å². The molecule has 0 spiro atoms. The van der Waals surface area contributed by atoms with Crippen molar-refractivity contribution in [2.24, 2.45) is 0 Å². The molecule has 0 radical (unpaired) electrons. The number of ether oxygens (including phenoxy) is 1. The Hall–Kier alpha value is -2.03. The third kappa shape index (κ3) is 2.97. The minimum Gasteiger partial charge on any atom is -0.489 e. The lowest BCUT2D eigenvalue weighted by molar-refractivity contribution is 0.303. The van der Waals surface area contributed by atoms with E-state index >= 15 is 0 Å². The fourth-order valence-corrected chi connectivity index (χ4v) is 1.56. The molecule has 2 nitrogen and oxygen atoms in total. The molecule has 0 saturated carbocycles. The number of hydrogen-bond acceptors (Lipinski definition) is 2. The summed E-state index contributed by atoms with van der Waals surface area (Å²) in [6.07, 6.45) is 0. The van der Waals surface area contributed by atoms with E-state index in [0.29, 0.717) is 12.3 Å². The van der Waals surface area contributed by atoms with Crippen molar-refractivity contribution in [2.75, 3.05) is 5.73 Å². The summed E-state index contributed by atoms with van der Waals surface area (Å²) in [5, 5.41) is 0. The van der Waals surface area contributed by atoms with Crippen LogP contribution in [0.3, 0.4) is 0 Å². The van der Waals surface area contributed by atoms with Gasteiger partial charge >= 0.3 is 0 Å². The molecular weight excluding hydrogens is 217 g/mol. The topological polar surface area (TPSA) is 35.2 Å². The number of anilines is 1. The van der Waals surface area contributed by atoms with Crippen molar-refractivity contribution in [2.45, 2.75) is 13.5 Å². The summed E-state index contributed by atoms with van der Waals surface area (Å²) >= 11 is 0. The first-order valence-corrected chi connectivity index (χ1v) is 5.38. The van der Waals surface area contributed by atoms with E-state index < -0.39 is 0 Å². The fourth-order valence-electron chi connectivity index (χ4n) is 1.56. The van der Waals surface area contributed by atoms with Crippen LogP contribution < -0.4 is 10.5 Å². The number of nitrogens with two attached hydrogens (primary N) is 1. The van der Waals surface area contributed by atoms with E-state index in [9.17, 15) is 4.39 Å². The van der Waals surface area contributed by atoms with Gasteiger partial charge in [-0.25, -0.2) is 4.39 Å². The quantitative estimate of drug-likeness (QED) is 0.822. The van der Waals surface area contributed by atoms with Gasteiger partial charge in [0.15, 0.2) is 0 Å². The number of halogens is 1. The average molecular weight is 231 g/mol. The Kier molecular flexibility index (Phi) is 3.28. The molecule has 17 heavy (non-hydrogen) atoms. The van der Waals surface area contributed by atoms with Crippen molar-refractivity contribution >= 4 is 5.69 Å².